The van der Waals surface area contributed by atoms with Gasteiger partial charge in [0.1, 0.15) is 6.17 Å². The first kappa shape index (κ1) is 23.1. The van der Waals surface area contributed by atoms with Crippen molar-refractivity contribution in [2.24, 2.45) is 11.3 Å². The third kappa shape index (κ3) is 8.85. The first-order valence-corrected chi connectivity index (χ1v) is 9.71. The number of hydrogen-bond acceptors (Lipinski definition) is 0. The second kappa shape index (κ2) is 10.2. The van der Waals surface area contributed by atoms with E-state index in [1.807, 2.05) is 13.8 Å². The Bertz CT molecular complexity index is 423. The number of benzene rings is 1. The van der Waals surface area contributed by atoms with E-state index in [4.69, 9.17) is 0 Å². The van der Waals surface area contributed by atoms with Crippen molar-refractivity contribution in [3.63, 3.8) is 0 Å². The molecule has 0 spiro atoms. The molecule has 0 atom stereocenters. The molecule has 1 aromatic carbocycles. The Morgan fingerprint density at radius 2 is 1.21 bits per heavy atom. The Kier molecular flexibility index (Phi) is 9.85. The normalized spacial score (nSPS) is 21.1. The van der Waals surface area contributed by atoms with Gasteiger partial charge in [-0.05, 0) is 54.9 Å². The molecule has 1 aliphatic carbocycles. The largest absolute Gasteiger partial charge is 0.247 e. The molecule has 0 radical (unpaired) electrons. The summed E-state index contributed by atoms with van der Waals surface area (Å²) in [6, 6.07) is 8.74. The summed E-state index contributed by atoms with van der Waals surface area (Å²) in [5.74, 6) is 0.745. The molecule has 0 aromatic heterocycles. The molecule has 0 nitrogen and oxygen atoms in total. The van der Waals surface area contributed by atoms with Gasteiger partial charge in [0.15, 0.2) is 0 Å². The van der Waals surface area contributed by atoms with Gasteiger partial charge in [-0.1, -0.05) is 85.2 Å². The standard InChI is InChI=1S/C11H16.C10H19F.C2H6/c1-9-5-7-10(8-6-9)11(2,3)4;1-10(2,3)8-4-6-9(11)7-5-8;1-2/h5-8H,1-4H3;8-9H,4-7H2,1-3H3;1-2H3. The lowest BCUT2D eigenvalue weighted by molar-refractivity contribution is 0.127. The minimum atomic E-state index is -0.506. The van der Waals surface area contributed by atoms with E-state index in [1.54, 1.807) is 0 Å². The second-order valence-corrected chi connectivity index (χ2v) is 8.93. The summed E-state index contributed by atoms with van der Waals surface area (Å²) in [4.78, 5) is 0. The highest BCUT2D eigenvalue weighted by atomic mass is 19.1. The Balaban J connectivity index is 0.000000400. The van der Waals surface area contributed by atoms with Crippen molar-refractivity contribution < 1.29 is 4.39 Å². The van der Waals surface area contributed by atoms with Crippen LogP contribution in [0.25, 0.3) is 0 Å². The zero-order valence-corrected chi connectivity index (χ0v) is 17.7. The topological polar surface area (TPSA) is 0 Å². The summed E-state index contributed by atoms with van der Waals surface area (Å²) in [5, 5.41) is 0. The molecule has 0 amide bonds. The zero-order valence-electron chi connectivity index (χ0n) is 17.7. The van der Waals surface area contributed by atoms with Crippen molar-refractivity contribution in [2.45, 2.75) is 99.6 Å². The van der Waals surface area contributed by atoms with Gasteiger partial charge in [0, 0.05) is 0 Å². The molecular formula is C23H41F. The summed E-state index contributed by atoms with van der Waals surface area (Å²) in [5.41, 5.74) is 3.41. The lowest BCUT2D eigenvalue weighted by atomic mass is 9.72. The minimum Gasteiger partial charge on any atom is -0.247 e. The minimum absolute atomic E-state index is 0.285. The third-order valence-corrected chi connectivity index (χ3v) is 4.80. The van der Waals surface area contributed by atoms with Crippen LogP contribution < -0.4 is 0 Å². The maximum atomic E-state index is 12.7. The Hall–Kier alpha value is -0.850. The highest BCUT2D eigenvalue weighted by Gasteiger charge is 2.29. The monoisotopic (exact) mass is 336 g/mol. The summed E-state index contributed by atoms with van der Waals surface area (Å²) in [6.45, 7) is 19.6. The van der Waals surface area contributed by atoms with Crippen LogP contribution in [-0.4, -0.2) is 6.17 Å². The average Bonchev–Trinajstić information content (AvgIpc) is 2.49. The van der Waals surface area contributed by atoms with Crippen molar-refractivity contribution in [1.29, 1.82) is 0 Å². The van der Waals surface area contributed by atoms with E-state index in [0.29, 0.717) is 5.41 Å². The van der Waals surface area contributed by atoms with Crippen LogP contribution in [0.2, 0.25) is 0 Å². The Labute approximate surface area is 151 Å². The van der Waals surface area contributed by atoms with Gasteiger partial charge in [-0.15, -0.1) is 0 Å². The lowest BCUT2D eigenvalue weighted by Gasteiger charge is -2.34. The molecule has 0 aliphatic heterocycles. The van der Waals surface area contributed by atoms with Gasteiger partial charge in [0.05, 0.1) is 0 Å². The molecule has 1 saturated carbocycles. The SMILES string of the molecule is CC.CC(C)(C)C1CCC(F)CC1.Cc1ccc(C(C)(C)C)cc1. The summed E-state index contributed by atoms with van der Waals surface area (Å²) >= 11 is 0. The molecule has 1 heteroatoms. The van der Waals surface area contributed by atoms with E-state index in [0.717, 1.165) is 31.6 Å². The van der Waals surface area contributed by atoms with Crippen LogP contribution in [-0.2, 0) is 5.41 Å². The maximum absolute atomic E-state index is 12.7. The fraction of sp³-hybridized carbons (Fsp3) is 0.739. The summed E-state index contributed by atoms with van der Waals surface area (Å²) in [6.07, 6.45) is 3.26. The van der Waals surface area contributed by atoms with Crippen LogP contribution >= 0.6 is 0 Å². The van der Waals surface area contributed by atoms with E-state index < -0.39 is 6.17 Å². The first-order valence-electron chi connectivity index (χ1n) is 9.71. The molecule has 0 unspecified atom stereocenters. The fourth-order valence-electron chi connectivity index (χ4n) is 2.97. The van der Waals surface area contributed by atoms with E-state index in [1.165, 1.54) is 11.1 Å². The smallest absolute Gasteiger partial charge is 0.100 e. The molecule has 2 rings (SSSR count). The van der Waals surface area contributed by atoms with Crippen molar-refractivity contribution >= 4 is 0 Å². The predicted octanol–water partition coefficient (Wildman–Crippen LogP) is 7.88. The van der Waals surface area contributed by atoms with Crippen LogP contribution in [0.1, 0.15) is 92.2 Å². The molecule has 1 aliphatic rings. The quantitative estimate of drug-likeness (QED) is 0.452. The Morgan fingerprint density at radius 1 is 0.792 bits per heavy atom. The second-order valence-electron chi connectivity index (χ2n) is 8.93. The van der Waals surface area contributed by atoms with Crippen molar-refractivity contribution in [3.8, 4) is 0 Å². The van der Waals surface area contributed by atoms with Crippen LogP contribution in [0.3, 0.4) is 0 Å². The van der Waals surface area contributed by atoms with Gasteiger partial charge in [0.2, 0.25) is 0 Å². The van der Waals surface area contributed by atoms with Gasteiger partial charge in [0.25, 0.3) is 0 Å². The van der Waals surface area contributed by atoms with E-state index in [-0.39, 0.29) is 5.41 Å². The number of halogens is 1. The van der Waals surface area contributed by atoms with Crippen LogP contribution in [0.4, 0.5) is 4.39 Å². The number of alkyl halides is 1. The maximum Gasteiger partial charge on any atom is 0.100 e. The molecular weight excluding hydrogens is 295 g/mol. The zero-order chi connectivity index (χ0) is 19.0. The molecule has 0 bridgehead atoms. The van der Waals surface area contributed by atoms with E-state index >= 15 is 0 Å². The van der Waals surface area contributed by atoms with E-state index in [9.17, 15) is 4.39 Å². The third-order valence-electron chi connectivity index (χ3n) is 4.80. The van der Waals surface area contributed by atoms with Gasteiger partial charge < -0.3 is 0 Å². The van der Waals surface area contributed by atoms with Gasteiger partial charge in [-0.3, -0.25) is 0 Å². The van der Waals surface area contributed by atoms with Crippen molar-refractivity contribution in [1.82, 2.24) is 0 Å². The lowest BCUT2D eigenvalue weighted by Crippen LogP contribution is -2.26. The number of aryl methyl sites for hydroxylation is 1. The molecule has 0 saturated heterocycles. The predicted molar refractivity (Wildman–Crippen MR) is 108 cm³/mol. The Morgan fingerprint density at radius 3 is 1.54 bits per heavy atom. The number of hydrogen-bond donors (Lipinski definition) is 0. The molecule has 24 heavy (non-hydrogen) atoms. The molecule has 0 heterocycles. The van der Waals surface area contributed by atoms with E-state index in [2.05, 4.69) is 72.7 Å². The highest BCUT2D eigenvalue weighted by Crippen LogP contribution is 2.38. The summed E-state index contributed by atoms with van der Waals surface area (Å²) in [7, 11) is 0. The van der Waals surface area contributed by atoms with Crippen LogP contribution in [0.5, 0.6) is 0 Å². The molecule has 0 N–H and O–H groups in total. The van der Waals surface area contributed by atoms with Gasteiger partial charge >= 0.3 is 0 Å². The van der Waals surface area contributed by atoms with Crippen molar-refractivity contribution in [2.75, 3.05) is 0 Å². The first-order chi connectivity index (χ1) is 11.0. The fourth-order valence-corrected chi connectivity index (χ4v) is 2.97. The van der Waals surface area contributed by atoms with Crippen molar-refractivity contribution in [3.05, 3.63) is 35.4 Å². The molecule has 140 valence electrons. The van der Waals surface area contributed by atoms with Crippen LogP contribution in [0.15, 0.2) is 24.3 Å². The highest BCUT2D eigenvalue weighted by molar-refractivity contribution is 5.26. The van der Waals surface area contributed by atoms with Gasteiger partial charge in [-0.25, -0.2) is 4.39 Å². The summed E-state index contributed by atoms with van der Waals surface area (Å²) < 4.78 is 12.7. The molecule has 1 fully saturated rings. The average molecular weight is 337 g/mol. The van der Waals surface area contributed by atoms with Gasteiger partial charge in [-0.2, -0.15) is 0 Å². The van der Waals surface area contributed by atoms with Crippen LogP contribution in [0, 0.1) is 18.3 Å². The number of rotatable bonds is 0. The molecule has 1 aromatic rings.